The fraction of sp³-hybridized carbons (Fsp3) is 0.158. The number of hydrogen-bond donors (Lipinski definition) is 0. The molecule has 0 atom stereocenters. The van der Waals surface area contributed by atoms with Crippen LogP contribution in [0.5, 0.6) is 0 Å². The standard InChI is InChI=1S/C19H17N7/c1-13-15(10-20-24(13)2)17-9-14-7-8-25(11-18(14)21-17)12-26-19-6-4-3-5-16(19)22-23-26/h3-11H,12H2,1-2H3. The van der Waals surface area contributed by atoms with Crippen LogP contribution in [-0.2, 0) is 13.7 Å². The van der Waals surface area contributed by atoms with E-state index in [4.69, 9.17) is 4.98 Å². The van der Waals surface area contributed by atoms with Gasteiger partial charge in [-0.1, -0.05) is 17.3 Å². The molecule has 26 heavy (non-hydrogen) atoms. The number of aryl methyl sites for hydroxylation is 1. The van der Waals surface area contributed by atoms with E-state index in [0.29, 0.717) is 6.67 Å². The molecule has 2 aromatic heterocycles. The third-order valence-corrected chi connectivity index (χ3v) is 4.79. The Morgan fingerprint density at radius 3 is 2.81 bits per heavy atom. The zero-order chi connectivity index (χ0) is 17.7. The first-order valence-electron chi connectivity index (χ1n) is 8.43. The van der Waals surface area contributed by atoms with E-state index in [1.165, 1.54) is 0 Å². The van der Waals surface area contributed by atoms with Crippen LogP contribution in [0.3, 0.4) is 0 Å². The second kappa shape index (κ2) is 5.52. The molecule has 0 saturated carbocycles. The summed E-state index contributed by atoms with van der Waals surface area (Å²) in [5, 5.41) is 12.8. The number of nitrogens with zero attached hydrogens (tertiary/aromatic N) is 7. The lowest BCUT2D eigenvalue weighted by Crippen LogP contribution is -2.09. The lowest BCUT2D eigenvalue weighted by Gasteiger charge is -2.08. The molecule has 0 N–H and O–H groups in total. The SMILES string of the molecule is Cc1c(-c2cc3ccn(Cn4nnc5ccccc54)cc-3n2)cnn1C. The molecule has 0 bridgehead atoms. The van der Waals surface area contributed by atoms with Crippen LogP contribution >= 0.6 is 0 Å². The monoisotopic (exact) mass is 343 g/mol. The van der Waals surface area contributed by atoms with Gasteiger partial charge >= 0.3 is 0 Å². The molecule has 0 spiro atoms. The average molecular weight is 343 g/mol. The summed E-state index contributed by atoms with van der Waals surface area (Å²) in [6.07, 6.45) is 5.95. The third kappa shape index (κ3) is 2.28. The van der Waals surface area contributed by atoms with E-state index in [-0.39, 0.29) is 0 Å². The van der Waals surface area contributed by atoms with Crippen molar-refractivity contribution in [1.82, 2.24) is 34.3 Å². The van der Waals surface area contributed by atoms with Crippen molar-refractivity contribution in [3.63, 3.8) is 0 Å². The van der Waals surface area contributed by atoms with Crippen LogP contribution in [0.25, 0.3) is 33.5 Å². The van der Waals surface area contributed by atoms with Gasteiger partial charge in [0.15, 0.2) is 0 Å². The Bertz CT molecular complexity index is 1190. The average Bonchev–Trinajstić information content (AvgIpc) is 3.33. The van der Waals surface area contributed by atoms with Crippen molar-refractivity contribution in [1.29, 1.82) is 0 Å². The molecule has 4 heterocycles. The maximum absolute atomic E-state index is 4.79. The van der Waals surface area contributed by atoms with Crippen LogP contribution < -0.4 is 0 Å². The number of pyridine rings is 1. The maximum Gasteiger partial charge on any atom is 0.118 e. The predicted molar refractivity (Wildman–Crippen MR) is 98.7 cm³/mol. The second-order valence-corrected chi connectivity index (χ2v) is 6.43. The third-order valence-electron chi connectivity index (χ3n) is 4.79. The van der Waals surface area contributed by atoms with Gasteiger partial charge in [0.05, 0.1) is 23.1 Å². The molecule has 0 fully saturated rings. The van der Waals surface area contributed by atoms with Crippen molar-refractivity contribution in [3.8, 4) is 22.5 Å². The highest BCUT2D eigenvalue weighted by atomic mass is 15.5. The summed E-state index contributed by atoms with van der Waals surface area (Å²) < 4.78 is 5.82. The minimum absolute atomic E-state index is 0.588. The van der Waals surface area contributed by atoms with Crippen LogP contribution in [0.1, 0.15) is 5.69 Å². The van der Waals surface area contributed by atoms with Crippen LogP contribution in [0.4, 0.5) is 0 Å². The van der Waals surface area contributed by atoms with E-state index < -0.39 is 0 Å². The smallest absolute Gasteiger partial charge is 0.118 e. The van der Waals surface area contributed by atoms with Gasteiger partial charge in [0.25, 0.3) is 0 Å². The molecular weight excluding hydrogens is 326 g/mol. The molecule has 5 rings (SSSR count). The van der Waals surface area contributed by atoms with E-state index >= 15 is 0 Å². The maximum atomic E-state index is 4.79. The van der Waals surface area contributed by atoms with Gasteiger partial charge in [-0.05, 0) is 31.2 Å². The van der Waals surface area contributed by atoms with Crippen LogP contribution in [0.2, 0.25) is 0 Å². The fourth-order valence-electron chi connectivity index (χ4n) is 3.21. The Labute approximate surface area is 149 Å². The van der Waals surface area contributed by atoms with Gasteiger partial charge in [-0.2, -0.15) is 5.10 Å². The zero-order valence-electron chi connectivity index (χ0n) is 14.5. The van der Waals surface area contributed by atoms with E-state index in [9.17, 15) is 0 Å². The Hall–Kier alpha value is -3.48. The molecule has 7 heteroatoms. The molecule has 0 unspecified atom stereocenters. The Kier molecular flexibility index (Phi) is 3.15. The summed E-state index contributed by atoms with van der Waals surface area (Å²) in [4.78, 5) is 4.79. The molecule has 0 saturated heterocycles. The molecule has 0 amide bonds. The molecule has 128 valence electrons. The van der Waals surface area contributed by atoms with Crippen LogP contribution in [-0.4, -0.2) is 34.3 Å². The van der Waals surface area contributed by atoms with Crippen molar-refractivity contribution in [2.24, 2.45) is 7.05 Å². The highest BCUT2D eigenvalue weighted by Crippen LogP contribution is 2.29. The van der Waals surface area contributed by atoms with Gasteiger partial charge in [-0.25, -0.2) is 9.67 Å². The Morgan fingerprint density at radius 1 is 1.08 bits per heavy atom. The number of para-hydroxylation sites is 1. The number of benzene rings is 1. The predicted octanol–water partition coefficient (Wildman–Crippen LogP) is 2.95. The van der Waals surface area contributed by atoms with Crippen molar-refractivity contribution in [2.45, 2.75) is 13.6 Å². The molecule has 0 aliphatic carbocycles. The normalized spacial score (nSPS) is 11.6. The van der Waals surface area contributed by atoms with Crippen molar-refractivity contribution >= 4 is 11.0 Å². The van der Waals surface area contributed by atoms with Crippen molar-refractivity contribution in [2.75, 3.05) is 0 Å². The van der Waals surface area contributed by atoms with E-state index in [2.05, 4.69) is 39.0 Å². The summed E-state index contributed by atoms with van der Waals surface area (Å²) in [6.45, 7) is 2.64. The molecular formula is C19H17N7. The van der Waals surface area contributed by atoms with Crippen molar-refractivity contribution < 1.29 is 0 Å². The number of rotatable bonds is 3. The first-order valence-corrected chi connectivity index (χ1v) is 8.43. The lowest BCUT2D eigenvalue weighted by molar-refractivity contribution is 0.543. The first-order chi connectivity index (χ1) is 12.7. The van der Waals surface area contributed by atoms with Crippen LogP contribution in [0.15, 0.2) is 55.0 Å². The molecule has 0 radical (unpaired) electrons. The quantitative estimate of drug-likeness (QED) is 0.505. The highest BCUT2D eigenvalue weighted by Gasteiger charge is 2.14. The van der Waals surface area contributed by atoms with Crippen LogP contribution in [0, 0.1) is 6.92 Å². The number of hydrogen-bond acceptors (Lipinski definition) is 4. The van der Waals surface area contributed by atoms with Gasteiger partial charge in [-0.15, -0.1) is 5.10 Å². The topological polar surface area (TPSA) is 66.3 Å². The second-order valence-electron chi connectivity index (χ2n) is 6.43. The summed E-state index contributed by atoms with van der Waals surface area (Å²) in [7, 11) is 1.94. The van der Waals surface area contributed by atoms with Gasteiger partial charge < -0.3 is 4.57 Å². The van der Waals surface area contributed by atoms with Gasteiger partial charge in [-0.3, -0.25) is 4.68 Å². The van der Waals surface area contributed by atoms with E-state index in [1.807, 2.05) is 59.3 Å². The molecule has 7 nitrogen and oxygen atoms in total. The minimum atomic E-state index is 0.588. The van der Waals surface area contributed by atoms with E-state index in [1.54, 1.807) is 0 Å². The largest absolute Gasteiger partial charge is 0.332 e. The summed E-state index contributed by atoms with van der Waals surface area (Å²) in [5.41, 5.74) is 7.11. The van der Waals surface area contributed by atoms with E-state index in [0.717, 1.165) is 39.2 Å². The number of fused-ring (bicyclic) bond motifs is 2. The molecule has 2 aliphatic heterocycles. The lowest BCUT2D eigenvalue weighted by atomic mass is 10.1. The fourth-order valence-corrected chi connectivity index (χ4v) is 3.21. The first kappa shape index (κ1) is 14.8. The minimum Gasteiger partial charge on any atom is -0.332 e. The van der Waals surface area contributed by atoms with Gasteiger partial charge in [0.2, 0.25) is 0 Å². The molecule has 3 aromatic rings. The zero-order valence-corrected chi connectivity index (χ0v) is 14.5. The number of aromatic nitrogens is 7. The van der Waals surface area contributed by atoms with Gasteiger partial charge in [0.1, 0.15) is 12.2 Å². The Balaban J connectivity index is 1.52. The summed E-state index contributed by atoms with van der Waals surface area (Å²) in [6, 6.07) is 12.1. The summed E-state index contributed by atoms with van der Waals surface area (Å²) in [5.74, 6) is 0. The Morgan fingerprint density at radius 2 is 1.96 bits per heavy atom. The molecule has 1 aromatic carbocycles. The molecule has 2 aliphatic rings. The highest BCUT2D eigenvalue weighted by molar-refractivity contribution is 5.74. The van der Waals surface area contributed by atoms with Gasteiger partial charge in [0, 0.05) is 36.3 Å². The summed E-state index contributed by atoms with van der Waals surface area (Å²) >= 11 is 0. The van der Waals surface area contributed by atoms with Crippen molar-refractivity contribution in [3.05, 3.63) is 60.7 Å².